The molecule has 2 N–H and O–H groups in total. The van der Waals surface area contributed by atoms with Crippen LogP contribution in [-0.2, 0) is 6.18 Å². The number of anilines is 1. The van der Waals surface area contributed by atoms with Crippen LogP contribution in [0.1, 0.15) is 25.8 Å². The van der Waals surface area contributed by atoms with Crippen LogP contribution in [0.15, 0.2) is 22.7 Å². The molecule has 0 aliphatic heterocycles. The van der Waals surface area contributed by atoms with Gasteiger partial charge in [0.15, 0.2) is 0 Å². The molecular formula is C12H15BrF3NO. The van der Waals surface area contributed by atoms with E-state index in [9.17, 15) is 13.2 Å². The Labute approximate surface area is 112 Å². The maximum absolute atomic E-state index is 12.7. The molecule has 0 atom stereocenters. The van der Waals surface area contributed by atoms with Crippen molar-refractivity contribution in [2.24, 2.45) is 0 Å². The van der Waals surface area contributed by atoms with E-state index in [1.165, 1.54) is 6.07 Å². The van der Waals surface area contributed by atoms with Gasteiger partial charge in [-0.1, -0.05) is 15.9 Å². The lowest BCUT2D eigenvalue weighted by Crippen LogP contribution is -2.32. The first-order valence-corrected chi connectivity index (χ1v) is 6.21. The van der Waals surface area contributed by atoms with Crippen LogP contribution in [0.3, 0.4) is 0 Å². The van der Waals surface area contributed by atoms with E-state index < -0.39 is 17.3 Å². The van der Waals surface area contributed by atoms with Crippen LogP contribution in [0.4, 0.5) is 18.9 Å². The molecule has 2 nitrogen and oxygen atoms in total. The Bertz CT molecular complexity index is 418. The zero-order valence-electron chi connectivity index (χ0n) is 10.1. The molecule has 1 aromatic carbocycles. The van der Waals surface area contributed by atoms with Crippen LogP contribution >= 0.6 is 15.9 Å². The van der Waals surface area contributed by atoms with Crippen molar-refractivity contribution in [1.82, 2.24) is 0 Å². The third-order valence-corrected chi connectivity index (χ3v) is 3.18. The molecule has 0 spiro atoms. The topological polar surface area (TPSA) is 32.3 Å². The first-order chi connectivity index (χ1) is 8.15. The van der Waals surface area contributed by atoms with Crippen molar-refractivity contribution in [1.29, 1.82) is 0 Å². The molecule has 0 aromatic heterocycles. The molecule has 0 radical (unpaired) electrons. The second kappa shape index (κ2) is 5.48. The normalized spacial score (nSPS) is 12.6. The zero-order chi connectivity index (χ0) is 14.0. The number of aliphatic hydroxyl groups is 1. The van der Waals surface area contributed by atoms with E-state index in [1.54, 1.807) is 6.07 Å². The van der Waals surface area contributed by atoms with E-state index in [0.717, 1.165) is 6.07 Å². The van der Waals surface area contributed by atoms with Crippen molar-refractivity contribution in [3.8, 4) is 0 Å². The Hall–Kier alpha value is -0.750. The summed E-state index contributed by atoms with van der Waals surface area (Å²) in [6.07, 6.45) is -3.94. The van der Waals surface area contributed by atoms with E-state index in [-0.39, 0.29) is 11.1 Å². The van der Waals surface area contributed by atoms with Crippen LogP contribution in [0.2, 0.25) is 0 Å². The third kappa shape index (κ3) is 4.17. The summed E-state index contributed by atoms with van der Waals surface area (Å²) < 4.78 is 38.2. The van der Waals surface area contributed by atoms with E-state index in [2.05, 4.69) is 21.2 Å². The van der Waals surface area contributed by atoms with Crippen molar-refractivity contribution in [3.05, 3.63) is 28.2 Å². The molecule has 0 fully saturated rings. The summed E-state index contributed by atoms with van der Waals surface area (Å²) in [6.45, 7) is 3.61. The summed E-state index contributed by atoms with van der Waals surface area (Å²) in [7, 11) is 0. The maximum atomic E-state index is 12.7. The van der Waals surface area contributed by atoms with E-state index >= 15 is 0 Å². The number of nitrogens with one attached hydrogen (secondary N) is 1. The Morgan fingerprint density at radius 1 is 1.28 bits per heavy atom. The summed E-state index contributed by atoms with van der Waals surface area (Å²) in [5, 5.41) is 11.9. The van der Waals surface area contributed by atoms with Gasteiger partial charge in [0.1, 0.15) is 0 Å². The SMILES string of the molecule is CC(C)(CCO)Nc1ccc(Br)c(C(F)(F)F)c1. The number of alkyl halides is 3. The van der Waals surface area contributed by atoms with E-state index in [1.807, 2.05) is 13.8 Å². The Morgan fingerprint density at radius 2 is 1.89 bits per heavy atom. The van der Waals surface area contributed by atoms with Crippen molar-refractivity contribution in [2.45, 2.75) is 32.0 Å². The predicted molar refractivity (Wildman–Crippen MR) is 68.5 cm³/mol. The van der Waals surface area contributed by atoms with Gasteiger partial charge in [-0.25, -0.2) is 0 Å². The highest BCUT2D eigenvalue weighted by atomic mass is 79.9. The van der Waals surface area contributed by atoms with Crippen molar-refractivity contribution >= 4 is 21.6 Å². The lowest BCUT2D eigenvalue weighted by Gasteiger charge is -2.27. The molecule has 0 aliphatic rings. The van der Waals surface area contributed by atoms with Gasteiger partial charge in [0.25, 0.3) is 0 Å². The molecule has 0 saturated carbocycles. The fourth-order valence-corrected chi connectivity index (χ4v) is 2.02. The average Bonchev–Trinajstić information content (AvgIpc) is 2.18. The van der Waals surface area contributed by atoms with Gasteiger partial charge in [0, 0.05) is 22.3 Å². The van der Waals surface area contributed by atoms with E-state index in [0.29, 0.717) is 12.1 Å². The quantitative estimate of drug-likeness (QED) is 0.875. The molecule has 0 bridgehead atoms. The van der Waals surface area contributed by atoms with Crippen molar-refractivity contribution in [3.63, 3.8) is 0 Å². The molecular weight excluding hydrogens is 311 g/mol. The second-order valence-corrected chi connectivity index (χ2v) is 5.53. The minimum absolute atomic E-state index is 0.0144. The van der Waals surface area contributed by atoms with E-state index in [4.69, 9.17) is 5.11 Å². The monoisotopic (exact) mass is 325 g/mol. The second-order valence-electron chi connectivity index (χ2n) is 4.67. The Balaban J connectivity index is 2.99. The minimum Gasteiger partial charge on any atom is -0.396 e. The highest BCUT2D eigenvalue weighted by Crippen LogP contribution is 2.36. The predicted octanol–water partition coefficient (Wildman–Crippen LogP) is 4.04. The minimum atomic E-state index is -4.39. The average molecular weight is 326 g/mol. The molecule has 0 aliphatic carbocycles. The van der Waals surface area contributed by atoms with Gasteiger partial charge < -0.3 is 10.4 Å². The molecule has 6 heteroatoms. The summed E-state index contributed by atoms with van der Waals surface area (Å²) in [6, 6.07) is 3.99. The van der Waals surface area contributed by atoms with Gasteiger partial charge in [0.05, 0.1) is 5.56 Å². The molecule has 0 amide bonds. The first kappa shape index (κ1) is 15.3. The van der Waals surface area contributed by atoms with Crippen LogP contribution in [-0.4, -0.2) is 17.3 Å². The van der Waals surface area contributed by atoms with Crippen LogP contribution in [0.5, 0.6) is 0 Å². The number of halogens is 4. The highest BCUT2D eigenvalue weighted by Gasteiger charge is 2.33. The molecule has 1 aromatic rings. The highest BCUT2D eigenvalue weighted by molar-refractivity contribution is 9.10. The van der Waals surface area contributed by atoms with Gasteiger partial charge in [-0.15, -0.1) is 0 Å². The molecule has 0 heterocycles. The van der Waals surface area contributed by atoms with Crippen LogP contribution in [0, 0.1) is 0 Å². The summed E-state index contributed by atoms with van der Waals surface area (Å²) >= 11 is 2.89. The lowest BCUT2D eigenvalue weighted by atomic mass is 10.0. The number of hydrogen-bond donors (Lipinski definition) is 2. The number of aliphatic hydroxyl groups excluding tert-OH is 1. The Kier molecular flexibility index (Phi) is 4.66. The summed E-state index contributed by atoms with van der Waals surface area (Å²) in [5.41, 5.74) is -0.804. The van der Waals surface area contributed by atoms with Gasteiger partial charge >= 0.3 is 6.18 Å². The van der Waals surface area contributed by atoms with Crippen molar-refractivity contribution < 1.29 is 18.3 Å². The fourth-order valence-electron chi connectivity index (χ4n) is 1.55. The van der Waals surface area contributed by atoms with Gasteiger partial charge in [-0.2, -0.15) is 13.2 Å². The molecule has 0 unspecified atom stereocenters. The van der Waals surface area contributed by atoms with Gasteiger partial charge in [-0.05, 0) is 38.5 Å². The summed E-state index contributed by atoms with van der Waals surface area (Å²) in [4.78, 5) is 0. The third-order valence-electron chi connectivity index (χ3n) is 2.49. The molecule has 0 saturated heterocycles. The molecule has 102 valence electrons. The Morgan fingerprint density at radius 3 is 2.39 bits per heavy atom. The van der Waals surface area contributed by atoms with Crippen LogP contribution in [0.25, 0.3) is 0 Å². The van der Waals surface area contributed by atoms with Gasteiger partial charge in [-0.3, -0.25) is 0 Å². The molecule has 18 heavy (non-hydrogen) atoms. The maximum Gasteiger partial charge on any atom is 0.417 e. The lowest BCUT2D eigenvalue weighted by molar-refractivity contribution is -0.138. The largest absolute Gasteiger partial charge is 0.417 e. The fraction of sp³-hybridized carbons (Fsp3) is 0.500. The smallest absolute Gasteiger partial charge is 0.396 e. The zero-order valence-corrected chi connectivity index (χ0v) is 11.7. The summed E-state index contributed by atoms with van der Waals surface area (Å²) in [5.74, 6) is 0. The number of rotatable bonds is 4. The first-order valence-electron chi connectivity index (χ1n) is 5.41. The van der Waals surface area contributed by atoms with Crippen LogP contribution < -0.4 is 5.32 Å². The number of hydrogen-bond acceptors (Lipinski definition) is 2. The number of benzene rings is 1. The van der Waals surface area contributed by atoms with Gasteiger partial charge in [0.2, 0.25) is 0 Å². The molecule has 1 rings (SSSR count). The van der Waals surface area contributed by atoms with Crippen molar-refractivity contribution in [2.75, 3.05) is 11.9 Å². The standard InChI is InChI=1S/C12H15BrF3NO/c1-11(2,5-6-18)17-8-3-4-10(13)9(7-8)12(14,15)16/h3-4,7,17-18H,5-6H2,1-2H3.